The average Bonchev–Trinajstić information content (AvgIpc) is 2.51. The van der Waals surface area contributed by atoms with E-state index in [-0.39, 0.29) is 29.9 Å². The molecule has 0 atom stereocenters. The summed E-state index contributed by atoms with van der Waals surface area (Å²) in [5, 5.41) is 0. The number of nitrogens with zero attached hydrogens (tertiary/aromatic N) is 1. The van der Waals surface area contributed by atoms with E-state index in [0.717, 1.165) is 19.2 Å². The van der Waals surface area contributed by atoms with Crippen LogP contribution in [0.25, 0.3) is 0 Å². The molecule has 0 amide bonds. The van der Waals surface area contributed by atoms with Crippen molar-refractivity contribution in [1.29, 1.82) is 0 Å². The minimum Gasteiger partial charge on any atom is -0.459 e. The number of hydrogen-bond donors (Lipinski definition) is 0. The highest BCUT2D eigenvalue weighted by Crippen LogP contribution is 2.22. The summed E-state index contributed by atoms with van der Waals surface area (Å²) in [5.74, 6) is -1.34. The van der Waals surface area contributed by atoms with Gasteiger partial charge in [-0.25, -0.2) is 9.59 Å². The van der Waals surface area contributed by atoms with E-state index in [0.29, 0.717) is 0 Å². The molecular formula is C16H16F3NO4. The number of esters is 2. The van der Waals surface area contributed by atoms with E-state index in [1.165, 1.54) is 19.1 Å². The second-order valence-corrected chi connectivity index (χ2v) is 4.70. The van der Waals surface area contributed by atoms with Crippen LogP contribution in [0.1, 0.15) is 22.8 Å². The van der Waals surface area contributed by atoms with Crippen LogP contribution in [-0.2, 0) is 14.3 Å². The number of halogens is 3. The Morgan fingerprint density at radius 2 is 1.58 bits per heavy atom. The Balaban J connectivity index is 2.61. The Morgan fingerprint density at radius 1 is 1.08 bits per heavy atom. The number of carbonyl (C=O) groups is 2. The Labute approximate surface area is 136 Å². The summed E-state index contributed by atoms with van der Waals surface area (Å²) in [6.45, 7) is 4.55. The number of hydrogen-bond acceptors (Lipinski definition) is 5. The van der Waals surface area contributed by atoms with Crippen molar-refractivity contribution in [3.05, 3.63) is 47.5 Å². The van der Waals surface area contributed by atoms with Crippen LogP contribution in [0.5, 0.6) is 0 Å². The Morgan fingerprint density at radius 3 is 2.04 bits per heavy atom. The molecule has 0 N–H and O–H groups in total. The first-order chi connectivity index (χ1) is 11.2. The van der Waals surface area contributed by atoms with Crippen molar-refractivity contribution in [2.24, 2.45) is 4.99 Å². The topological polar surface area (TPSA) is 65.0 Å². The Bertz CT molecular complexity index is 648. The second-order valence-electron chi connectivity index (χ2n) is 4.70. The number of aliphatic imine (C=N–C) groups is 1. The lowest BCUT2D eigenvalue weighted by Crippen LogP contribution is -2.24. The third kappa shape index (κ3) is 5.53. The summed E-state index contributed by atoms with van der Waals surface area (Å²) in [5.41, 5.74) is -0.899. The van der Waals surface area contributed by atoms with Crippen molar-refractivity contribution in [3.8, 4) is 0 Å². The second kappa shape index (κ2) is 8.28. The van der Waals surface area contributed by atoms with Crippen molar-refractivity contribution >= 4 is 17.7 Å². The van der Waals surface area contributed by atoms with Crippen LogP contribution in [0.2, 0.25) is 0 Å². The van der Waals surface area contributed by atoms with E-state index in [2.05, 4.69) is 11.6 Å². The lowest BCUT2D eigenvalue weighted by atomic mass is 10.1. The molecule has 1 rings (SSSR count). The standard InChI is InChI=1S/C16H16F3NO4/c1-10(2)14(21)23-8-9-24-15(22)12-6-4-11(5-7-12)13(20-3)16(17,18)19/h4-7H,1,8-9H2,2-3H3. The monoisotopic (exact) mass is 343 g/mol. The van der Waals surface area contributed by atoms with Gasteiger partial charge >= 0.3 is 18.1 Å². The zero-order valence-corrected chi connectivity index (χ0v) is 13.1. The smallest absolute Gasteiger partial charge is 0.433 e. The molecule has 0 spiro atoms. The third-order valence-corrected chi connectivity index (χ3v) is 2.78. The minimum atomic E-state index is -4.58. The zero-order valence-electron chi connectivity index (χ0n) is 13.1. The van der Waals surface area contributed by atoms with Gasteiger partial charge in [0.15, 0.2) is 0 Å². The van der Waals surface area contributed by atoms with Crippen LogP contribution in [-0.4, -0.2) is 44.1 Å². The molecule has 0 bridgehead atoms. The predicted octanol–water partition coefficient (Wildman–Crippen LogP) is 2.94. The average molecular weight is 343 g/mol. The maximum atomic E-state index is 12.7. The van der Waals surface area contributed by atoms with Crippen molar-refractivity contribution in [2.75, 3.05) is 20.3 Å². The van der Waals surface area contributed by atoms with Gasteiger partial charge in [-0.3, -0.25) is 4.99 Å². The summed E-state index contributed by atoms with van der Waals surface area (Å²) in [6, 6.07) is 4.67. The molecule has 0 aliphatic carbocycles. The zero-order chi connectivity index (χ0) is 18.3. The van der Waals surface area contributed by atoms with Crippen molar-refractivity contribution in [2.45, 2.75) is 13.1 Å². The van der Waals surface area contributed by atoms with E-state index in [1.54, 1.807) is 0 Å². The first-order valence-corrected chi connectivity index (χ1v) is 6.81. The number of rotatable bonds is 6. The van der Waals surface area contributed by atoms with E-state index in [9.17, 15) is 22.8 Å². The number of carbonyl (C=O) groups excluding carboxylic acids is 2. The van der Waals surface area contributed by atoms with E-state index in [4.69, 9.17) is 9.47 Å². The molecule has 0 unspecified atom stereocenters. The molecule has 1 aromatic rings. The van der Waals surface area contributed by atoms with Crippen molar-refractivity contribution in [1.82, 2.24) is 0 Å². The van der Waals surface area contributed by atoms with Crippen LogP contribution in [0.15, 0.2) is 41.4 Å². The summed E-state index contributed by atoms with van der Waals surface area (Å²) in [6.07, 6.45) is -4.58. The minimum absolute atomic E-state index is 0.0719. The van der Waals surface area contributed by atoms with Gasteiger partial charge in [0.05, 0.1) is 5.56 Å². The summed E-state index contributed by atoms with van der Waals surface area (Å²) >= 11 is 0. The van der Waals surface area contributed by atoms with Gasteiger partial charge in [0.25, 0.3) is 0 Å². The maximum absolute atomic E-state index is 12.7. The molecular weight excluding hydrogens is 327 g/mol. The van der Waals surface area contributed by atoms with Gasteiger partial charge < -0.3 is 9.47 Å². The van der Waals surface area contributed by atoms with Gasteiger partial charge in [-0.15, -0.1) is 0 Å². The molecule has 0 aliphatic heterocycles. The van der Waals surface area contributed by atoms with Gasteiger partial charge in [0.2, 0.25) is 0 Å². The molecule has 0 saturated heterocycles. The van der Waals surface area contributed by atoms with Gasteiger partial charge in [-0.1, -0.05) is 18.7 Å². The third-order valence-electron chi connectivity index (χ3n) is 2.78. The molecule has 0 radical (unpaired) electrons. The fraction of sp³-hybridized carbons (Fsp3) is 0.312. The Kier molecular flexibility index (Phi) is 6.69. The highest BCUT2D eigenvalue weighted by Gasteiger charge is 2.36. The van der Waals surface area contributed by atoms with E-state index < -0.39 is 23.8 Å². The summed E-state index contributed by atoms with van der Waals surface area (Å²) < 4.78 is 47.8. The van der Waals surface area contributed by atoms with Gasteiger partial charge in [-0.2, -0.15) is 13.2 Å². The lowest BCUT2D eigenvalue weighted by molar-refractivity contribution is -0.140. The van der Waals surface area contributed by atoms with Gasteiger partial charge in [0, 0.05) is 18.2 Å². The lowest BCUT2D eigenvalue weighted by Gasteiger charge is -2.10. The molecule has 8 heteroatoms. The normalized spacial score (nSPS) is 11.8. The van der Waals surface area contributed by atoms with Crippen molar-refractivity contribution < 1.29 is 32.2 Å². The number of alkyl halides is 3. The summed E-state index contributed by atoms with van der Waals surface area (Å²) in [7, 11) is 1.04. The maximum Gasteiger partial charge on any atom is 0.433 e. The fourth-order valence-electron chi connectivity index (χ4n) is 1.66. The Hall–Kier alpha value is -2.64. The van der Waals surface area contributed by atoms with Crippen LogP contribution in [0.3, 0.4) is 0 Å². The molecule has 0 heterocycles. The largest absolute Gasteiger partial charge is 0.459 e. The van der Waals surface area contributed by atoms with E-state index >= 15 is 0 Å². The van der Waals surface area contributed by atoms with Crippen LogP contribution in [0, 0.1) is 0 Å². The first kappa shape index (κ1) is 19.4. The van der Waals surface area contributed by atoms with Gasteiger partial charge in [0.1, 0.15) is 18.9 Å². The molecule has 0 aromatic heterocycles. The molecule has 5 nitrogen and oxygen atoms in total. The van der Waals surface area contributed by atoms with Crippen LogP contribution >= 0.6 is 0 Å². The molecule has 24 heavy (non-hydrogen) atoms. The van der Waals surface area contributed by atoms with Gasteiger partial charge in [-0.05, 0) is 19.1 Å². The fourth-order valence-corrected chi connectivity index (χ4v) is 1.66. The SMILES string of the molecule is C=C(C)C(=O)OCCOC(=O)c1ccc(C(=NC)C(F)(F)F)cc1. The predicted molar refractivity (Wildman–Crippen MR) is 81.0 cm³/mol. The number of benzene rings is 1. The quantitative estimate of drug-likeness (QED) is 0.345. The molecule has 0 fully saturated rings. The first-order valence-electron chi connectivity index (χ1n) is 6.81. The van der Waals surface area contributed by atoms with Crippen LogP contribution < -0.4 is 0 Å². The van der Waals surface area contributed by atoms with Crippen LogP contribution in [0.4, 0.5) is 13.2 Å². The molecule has 1 aromatic carbocycles. The molecule has 0 aliphatic rings. The highest BCUT2D eigenvalue weighted by atomic mass is 19.4. The highest BCUT2D eigenvalue weighted by molar-refractivity contribution is 6.05. The molecule has 130 valence electrons. The molecule has 0 saturated carbocycles. The summed E-state index contributed by atoms with van der Waals surface area (Å²) in [4.78, 5) is 26.1. The van der Waals surface area contributed by atoms with E-state index in [1.807, 2.05) is 0 Å². The van der Waals surface area contributed by atoms with Crippen molar-refractivity contribution in [3.63, 3.8) is 0 Å². The number of ether oxygens (including phenoxy) is 2.